The van der Waals surface area contributed by atoms with Crippen molar-refractivity contribution in [2.45, 2.75) is 39.7 Å². The van der Waals surface area contributed by atoms with Crippen LogP contribution in [0.5, 0.6) is 5.75 Å². The number of hydrogen-bond acceptors (Lipinski definition) is 7. The van der Waals surface area contributed by atoms with Crippen LogP contribution in [0.25, 0.3) is 0 Å². The molecule has 0 radical (unpaired) electrons. The Morgan fingerprint density at radius 1 is 1.09 bits per heavy atom. The highest BCUT2D eigenvalue weighted by atomic mass is 32.1. The summed E-state index contributed by atoms with van der Waals surface area (Å²) in [4.78, 5) is 32.4. The first-order chi connectivity index (χ1) is 16.4. The van der Waals surface area contributed by atoms with E-state index in [1.54, 1.807) is 31.2 Å². The molecular formula is C25H31N3O5S. The molecule has 1 aromatic heterocycles. The number of nitrogens with one attached hydrogen (secondary N) is 2. The van der Waals surface area contributed by atoms with Crippen LogP contribution in [0.2, 0.25) is 0 Å². The van der Waals surface area contributed by atoms with E-state index in [4.69, 9.17) is 14.7 Å². The zero-order valence-electron chi connectivity index (χ0n) is 19.7. The summed E-state index contributed by atoms with van der Waals surface area (Å²) < 4.78 is 5.04. The number of rotatable bonds is 11. The fourth-order valence-electron chi connectivity index (χ4n) is 2.81. The first-order valence-corrected chi connectivity index (χ1v) is 11.8. The molecule has 2 aromatic carbocycles. The molecule has 3 N–H and O–H groups in total. The SMILES string of the molecule is CCCCCONCc1ccccc1.COc1cccc(C(=O)Nc2nc(C)c(C(=O)O)s2)c1. The van der Waals surface area contributed by atoms with E-state index in [0.29, 0.717) is 17.0 Å². The van der Waals surface area contributed by atoms with Crippen LogP contribution in [-0.2, 0) is 11.4 Å². The highest BCUT2D eigenvalue weighted by Gasteiger charge is 2.16. The average molecular weight is 486 g/mol. The monoisotopic (exact) mass is 485 g/mol. The molecule has 0 bridgehead atoms. The lowest BCUT2D eigenvalue weighted by Crippen LogP contribution is -2.14. The number of carbonyl (C=O) groups is 2. The maximum Gasteiger partial charge on any atom is 0.347 e. The molecular weight excluding hydrogens is 454 g/mol. The van der Waals surface area contributed by atoms with Crippen LogP contribution in [0.3, 0.4) is 0 Å². The normalized spacial score (nSPS) is 10.2. The Morgan fingerprint density at radius 3 is 2.50 bits per heavy atom. The van der Waals surface area contributed by atoms with Gasteiger partial charge in [-0.3, -0.25) is 10.1 Å². The van der Waals surface area contributed by atoms with Crippen molar-refractivity contribution in [2.24, 2.45) is 0 Å². The van der Waals surface area contributed by atoms with Crippen LogP contribution in [0, 0.1) is 6.92 Å². The third kappa shape index (κ3) is 9.30. The van der Waals surface area contributed by atoms with Gasteiger partial charge in [0.25, 0.3) is 5.91 Å². The van der Waals surface area contributed by atoms with Crippen LogP contribution < -0.4 is 15.5 Å². The van der Waals surface area contributed by atoms with Gasteiger partial charge in [-0.1, -0.05) is 67.5 Å². The number of aryl methyl sites for hydroxylation is 1. The fourth-order valence-corrected chi connectivity index (χ4v) is 3.61. The number of hydrogen-bond donors (Lipinski definition) is 3. The molecule has 0 spiro atoms. The lowest BCUT2D eigenvalue weighted by molar-refractivity contribution is 0.0342. The molecule has 0 saturated carbocycles. The third-order valence-electron chi connectivity index (χ3n) is 4.61. The van der Waals surface area contributed by atoms with Crippen molar-refractivity contribution in [1.82, 2.24) is 10.5 Å². The zero-order valence-corrected chi connectivity index (χ0v) is 20.5. The van der Waals surface area contributed by atoms with E-state index in [2.05, 4.69) is 34.8 Å². The molecule has 9 heteroatoms. The number of carboxylic acid groups (broad SMARTS) is 1. The van der Waals surface area contributed by atoms with Crippen molar-refractivity contribution in [2.75, 3.05) is 19.0 Å². The number of hydroxylamine groups is 1. The molecule has 0 fully saturated rings. The number of unbranched alkanes of at least 4 members (excludes halogenated alkanes) is 2. The molecule has 0 saturated heterocycles. The van der Waals surface area contributed by atoms with E-state index in [0.717, 1.165) is 30.9 Å². The first kappa shape index (κ1) is 27.0. The molecule has 0 aliphatic rings. The molecule has 1 amide bonds. The van der Waals surface area contributed by atoms with Crippen molar-refractivity contribution in [3.63, 3.8) is 0 Å². The van der Waals surface area contributed by atoms with Crippen molar-refractivity contribution < 1.29 is 24.3 Å². The minimum absolute atomic E-state index is 0.117. The van der Waals surface area contributed by atoms with Gasteiger partial charge in [0, 0.05) is 12.1 Å². The van der Waals surface area contributed by atoms with Gasteiger partial charge in [-0.25, -0.2) is 9.78 Å². The number of ether oxygens (including phenoxy) is 1. The minimum atomic E-state index is -1.05. The molecule has 8 nitrogen and oxygen atoms in total. The predicted molar refractivity (Wildman–Crippen MR) is 134 cm³/mol. The van der Waals surface area contributed by atoms with Crippen molar-refractivity contribution in [1.29, 1.82) is 0 Å². The maximum absolute atomic E-state index is 12.0. The number of carbonyl (C=O) groups excluding carboxylic acids is 1. The quantitative estimate of drug-likeness (QED) is 0.249. The molecule has 0 atom stereocenters. The van der Waals surface area contributed by atoms with Gasteiger partial charge in [0.2, 0.25) is 0 Å². The van der Waals surface area contributed by atoms with E-state index in [1.807, 2.05) is 18.2 Å². The molecule has 0 aliphatic heterocycles. The summed E-state index contributed by atoms with van der Waals surface area (Å²) in [5.41, 5.74) is 5.00. The zero-order chi connectivity index (χ0) is 24.8. The number of nitrogens with zero attached hydrogens (tertiary/aromatic N) is 1. The summed E-state index contributed by atoms with van der Waals surface area (Å²) in [6.45, 7) is 5.37. The number of thiazole rings is 1. The van der Waals surface area contributed by atoms with Crippen molar-refractivity contribution >= 4 is 28.3 Å². The number of benzene rings is 2. The van der Waals surface area contributed by atoms with E-state index in [-0.39, 0.29) is 15.9 Å². The summed E-state index contributed by atoms with van der Waals surface area (Å²) >= 11 is 0.927. The largest absolute Gasteiger partial charge is 0.497 e. The standard InChI is InChI=1S/C13H12N2O4S.C12H19NO/c1-7-10(12(17)18)20-13(14-7)15-11(16)8-4-3-5-9(6-8)19-2;1-2-3-7-10-14-13-11-12-8-5-4-6-9-12/h3-6H,1-2H3,(H,17,18)(H,14,15,16);4-6,8-9,13H,2-3,7,10-11H2,1H3. The number of anilines is 1. The topological polar surface area (TPSA) is 110 Å². The average Bonchev–Trinajstić information content (AvgIpc) is 3.22. The molecule has 1 heterocycles. The van der Waals surface area contributed by atoms with Crippen LogP contribution >= 0.6 is 11.3 Å². The molecule has 34 heavy (non-hydrogen) atoms. The molecule has 0 aliphatic carbocycles. The van der Waals surface area contributed by atoms with Gasteiger partial charge in [-0.05, 0) is 37.1 Å². The van der Waals surface area contributed by atoms with Gasteiger partial charge in [0.15, 0.2) is 5.13 Å². The minimum Gasteiger partial charge on any atom is -0.497 e. The smallest absolute Gasteiger partial charge is 0.347 e. The highest BCUT2D eigenvalue weighted by Crippen LogP contribution is 2.23. The fraction of sp³-hybridized carbons (Fsp3) is 0.320. The van der Waals surface area contributed by atoms with E-state index < -0.39 is 5.97 Å². The van der Waals surface area contributed by atoms with Gasteiger partial charge in [-0.2, -0.15) is 5.48 Å². The number of aromatic nitrogens is 1. The summed E-state index contributed by atoms with van der Waals surface area (Å²) in [6, 6.07) is 16.9. The Morgan fingerprint density at radius 2 is 1.85 bits per heavy atom. The summed E-state index contributed by atoms with van der Waals surface area (Å²) in [7, 11) is 1.51. The second kappa shape index (κ2) is 14.8. The lowest BCUT2D eigenvalue weighted by Gasteiger charge is -2.05. The van der Waals surface area contributed by atoms with E-state index in [1.165, 1.54) is 25.5 Å². The maximum atomic E-state index is 12.0. The predicted octanol–water partition coefficient (Wildman–Crippen LogP) is 5.31. The number of aromatic carboxylic acids is 1. The van der Waals surface area contributed by atoms with Crippen LogP contribution in [0.4, 0.5) is 5.13 Å². The Bertz CT molecular complexity index is 1040. The highest BCUT2D eigenvalue weighted by molar-refractivity contribution is 7.17. The van der Waals surface area contributed by atoms with Gasteiger partial charge in [0.05, 0.1) is 19.4 Å². The van der Waals surface area contributed by atoms with E-state index in [9.17, 15) is 9.59 Å². The molecule has 3 aromatic rings. The van der Waals surface area contributed by atoms with Crippen molar-refractivity contribution in [3.8, 4) is 5.75 Å². The summed E-state index contributed by atoms with van der Waals surface area (Å²) in [5.74, 6) is -0.851. The van der Waals surface area contributed by atoms with Gasteiger partial charge in [0.1, 0.15) is 10.6 Å². The number of carboxylic acids is 1. The molecule has 3 rings (SSSR count). The molecule has 0 unspecified atom stereocenters. The Labute approximate surface area is 203 Å². The second-order valence-electron chi connectivity index (χ2n) is 7.29. The number of methoxy groups -OCH3 is 1. The summed E-state index contributed by atoms with van der Waals surface area (Å²) in [5, 5.41) is 11.8. The van der Waals surface area contributed by atoms with Crippen LogP contribution in [0.15, 0.2) is 54.6 Å². The Balaban J connectivity index is 0.000000257. The lowest BCUT2D eigenvalue weighted by atomic mass is 10.2. The Kier molecular flexibility index (Phi) is 11.7. The van der Waals surface area contributed by atoms with Gasteiger partial charge < -0.3 is 14.7 Å². The Hall–Kier alpha value is -3.27. The molecule has 182 valence electrons. The van der Waals surface area contributed by atoms with Crippen LogP contribution in [0.1, 0.15) is 57.5 Å². The van der Waals surface area contributed by atoms with Gasteiger partial charge in [-0.15, -0.1) is 0 Å². The summed E-state index contributed by atoms with van der Waals surface area (Å²) in [6.07, 6.45) is 3.62. The second-order valence-corrected chi connectivity index (χ2v) is 8.29. The number of amides is 1. The van der Waals surface area contributed by atoms with E-state index >= 15 is 0 Å². The third-order valence-corrected chi connectivity index (χ3v) is 5.68. The van der Waals surface area contributed by atoms with Crippen molar-refractivity contribution in [3.05, 3.63) is 76.3 Å². The van der Waals surface area contributed by atoms with Crippen LogP contribution in [-0.4, -0.2) is 35.7 Å². The van der Waals surface area contributed by atoms with Gasteiger partial charge >= 0.3 is 5.97 Å². The first-order valence-electron chi connectivity index (χ1n) is 11.0.